The van der Waals surface area contributed by atoms with Crippen LogP contribution in [0.5, 0.6) is 0 Å². The zero-order valence-electron chi connectivity index (χ0n) is 17.0. The lowest BCUT2D eigenvalue weighted by Gasteiger charge is -2.30. The van der Waals surface area contributed by atoms with Gasteiger partial charge in [0.25, 0.3) is 11.8 Å². The highest BCUT2D eigenvalue weighted by Gasteiger charge is 2.27. The van der Waals surface area contributed by atoms with Crippen molar-refractivity contribution in [3.63, 3.8) is 0 Å². The smallest absolute Gasteiger partial charge is 0.289 e. The Labute approximate surface area is 173 Å². The molecule has 9 heteroatoms. The van der Waals surface area contributed by atoms with Crippen LogP contribution >= 0.6 is 0 Å². The van der Waals surface area contributed by atoms with E-state index in [1.54, 1.807) is 13.8 Å². The van der Waals surface area contributed by atoms with Gasteiger partial charge >= 0.3 is 0 Å². The standard InChI is InChI=1S/C21H24N6O3/c1-13-19(30-14(2)23-13)21(29)25-16-8-6-7-15(11-16)24-20(28)18-12-22-26-27(18)17-9-4-3-5-10-17/h3-5,9-10,12,15-16H,6-8,11H2,1-2H3,(H,24,28)(H,25,29)/t15-,16-/m1/s1. The lowest BCUT2D eigenvalue weighted by atomic mass is 9.90. The third-order valence-electron chi connectivity index (χ3n) is 5.24. The van der Waals surface area contributed by atoms with E-state index < -0.39 is 0 Å². The first-order valence-corrected chi connectivity index (χ1v) is 10.0. The molecule has 0 unspecified atom stereocenters. The van der Waals surface area contributed by atoms with Crippen molar-refractivity contribution in [1.29, 1.82) is 0 Å². The van der Waals surface area contributed by atoms with E-state index in [0.29, 0.717) is 23.7 Å². The van der Waals surface area contributed by atoms with Crippen LogP contribution in [0.1, 0.15) is 58.3 Å². The van der Waals surface area contributed by atoms with Gasteiger partial charge in [-0.25, -0.2) is 9.67 Å². The van der Waals surface area contributed by atoms with Crippen LogP contribution in [-0.2, 0) is 0 Å². The van der Waals surface area contributed by atoms with E-state index in [9.17, 15) is 9.59 Å². The minimum Gasteiger partial charge on any atom is -0.436 e. The van der Waals surface area contributed by atoms with E-state index in [0.717, 1.165) is 24.9 Å². The lowest BCUT2D eigenvalue weighted by Crippen LogP contribution is -2.46. The molecule has 156 valence electrons. The number of carbonyl (C=O) groups excluding carboxylic acids is 2. The average Bonchev–Trinajstić information content (AvgIpc) is 3.35. The summed E-state index contributed by atoms with van der Waals surface area (Å²) in [6.07, 6.45) is 4.72. The molecule has 1 fully saturated rings. The predicted octanol–water partition coefficient (Wildman–Crippen LogP) is 2.34. The quantitative estimate of drug-likeness (QED) is 0.670. The third-order valence-corrected chi connectivity index (χ3v) is 5.24. The van der Waals surface area contributed by atoms with Crippen LogP contribution in [0.15, 0.2) is 40.9 Å². The van der Waals surface area contributed by atoms with Crippen LogP contribution in [0.4, 0.5) is 0 Å². The number of para-hydroxylation sites is 1. The molecular weight excluding hydrogens is 384 g/mol. The zero-order valence-corrected chi connectivity index (χ0v) is 17.0. The molecule has 1 saturated carbocycles. The molecule has 2 amide bonds. The Bertz CT molecular complexity index is 1040. The van der Waals surface area contributed by atoms with Gasteiger partial charge in [0.1, 0.15) is 0 Å². The summed E-state index contributed by atoms with van der Waals surface area (Å²) in [4.78, 5) is 29.5. The average molecular weight is 408 g/mol. The number of hydrogen-bond donors (Lipinski definition) is 2. The van der Waals surface area contributed by atoms with E-state index in [1.807, 2.05) is 30.3 Å². The van der Waals surface area contributed by atoms with Crippen molar-refractivity contribution in [3.8, 4) is 5.69 Å². The summed E-state index contributed by atoms with van der Waals surface area (Å²) >= 11 is 0. The minimum atomic E-state index is -0.267. The lowest BCUT2D eigenvalue weighted by molar-refractivity contribution is 0.0880. The molecule has 2 heterocycles. The van der Waals surface area contributed by atoms with Crippen LogP contribution in [0, 0.1) is 13.8 Å². The monoisotopic (exact) mass is 408 g/mol. The first-order chi connectivity index (χ1) is 14.5. The largest absolute Gasteiger partial charge is 0.436 e. The van der Waals surface area contributed by atoms with Gasteiger partial charge in [-0.2, -0.15) is 0 Å². The van der Waals surface area contributed by atoms with Gasteiger partial charge in [-0.1, -0.05) is 23.4 Å². The van der Waals surface area contributed by atoms with Crippen molar-refractivity contribution < 1.29 is 14.0 Å². The third kappa shape index (κ3) is 4.24. The number of aryl methyl sites for hydroxylation is 2. The molecule has 1 aliphatic carbocycles. The van der Waals surface area contributed by atoms with Gasteiger partial charge in [-0.15, -0.1) is 5.10 Å². The fourth-order valence-electron chi connectivity index (χ4n) is 3.85. The number of amides is 2. The number of carbonyl (C=O) groups is 2. The Morgan fingerprint density at radius 3 is 2.43 bits per heavy atom. The van der Waals surface area contributed by atoms with Crippen LogP contribution in [0.3, 0.4) is 0 Å². The summed E-state index contributed by atoms with van der Waals surface area (Å²) in [6.45, 7) is 3.46. The van der Waals surface area contributed by atoms with Gasteiger partial charge in [-0.3, -0.25) is 9.59 Å². The Hall–Kier alpha value is -3.49. The van der Waals surface area contributed by atoms with Gasteiger partial charge in [0.15, 0.2) is 11.6 Å². The van der Waals surface area contributed by atoms with Gasteiger partial charge < -0.3 is 15.1 Å². The van der Waals surface area contributed by atoms with Gasteiger partial charge in [0.2, 0.25) is 5.76 Å². The van der Waals surface area contributed by atoms with E-state index >= 15 is 0 Å². The number of hydrogen-bond acceptors (Lipinski definition) is 6. The molecule has 30 heavy (non-hydrogen) atoms. The number of aromatic nitrogens is 4. The van der Waals surface area contributed by atoms with Gasteiger partial charge in [-0.05, 0) is 44.7 Å². The summed E-state index contributed by atoms with van der Waals surface area (Å²) in [6, 6.07) is 9.30. The number of nitrogens with one attached hydrogen (secondary N) is 2. The number of nitrogens with zero attached hydrogens (tertiary/aromatic N) is 4. The highest BCUT2D eigenvalue weighted by molar-refractivity contribution is 5.93. The molecule has 0 bridgehead atoms. The maximum atomic E-state index is 12.8. The van der Waals surface area contributed by atoms with E-state index in [4.69, 9.17) is 4.42 Å². The Morgan fingerprint density at radius 1 is 1.07 bits per heavy atom. The molecule has 3 aromatic rings. The summed E-state index contributed by atoms with van der Waals surface area (Å²) in [7, 11) is 0. The zero-order chi connectivity index (χ0) is 21.1. The Balaban J connectivity index is 1.39. The molecule has 4 rings (SSSR count). The molecule has 1 aromatic carbocycles. The van der Waals surface area contributed by atoms with Gasteiger partial charge in [0, 0.05) is 19.0 Å². The summed E-state index contributed by atoms with van der Waals surface area (Å²) < 4.78 is 6.92. The molecule has 2 atom stereocenters. The second-order valence-corrected chi connectivity index (χ2v) is 7.52. The Morgan fingerprint density at radius 2 is 1.77 bits per heavy atom. The van der Waals surface area contributed by atoms with Crippen molar-refractivity contribution in [2.75, 3.05) is 0 Å². The van der Waals surface area contributed by atoms with E-state index in [-0.39, 0.29) is 29.7 Å². The summed E-state index contributed by atoms with van der Waals surface area (Å²) in [5, 5.41) is 14.0. The number of rotatable bonds is 5. The molecule has 1 aliphatic rings. The molecule has 0 saturated heterocycles. The minimum absolute atomic E-state index is 0.0430. The molecule has 0 aliphatic heterocycles. The van der Waals surface area contributed by atoms with Crippen LogP contribution in [-0.4, -0.2) is 43.9 Å². The number of benzene rings is 1. The molecule has 2 N–H and O–H groups in total. The molecule has 9 nitrogen and oxygen atoms in total. The first kappa shape index (κ1) is 19.8. The normalized spacial score (nSPS) is 18.7. The van der Waals surface area contributed by atoms with Crippen LogP contribution in [0.25, 0.3) is 5.69 Å². The van der Waals surface area contributed by atoms with Crippen molar-refractivity contribution in [3.05, 3.63) is 59.6 Å². The van der Waals surface area contributed by atoms with Crippen molar-refractivity contribution >= 4 is 11.8 Å². The second-order valence-electron chi connectivity index (χ2n) is 7.52. The summed E-state index contributed by atoms with van der Waals surface area (Å²) in [5.74, 6) is 0.213. The molecule has 0 radical (unpaired) electrons. The van der Waals surface area contributed by atoms with E-state index in [1.165, 1.54) is 10.9 Å². The predicted molar refractivity (Wildman–Crippen MR) is 108 cm³/mol. The van der Waals surface area contributed by atoms with E-state index in [2.05, 4.69) is 25.9 Å². The molecular formula is C21H24N6O3. The first-order valence-electron chi connectivity index (χ1n) is 10.0. The Kier molecular flexibility index (Phi) is 5.60. The van der Waals surface area contributed by atoms with Gasteiger partial charge in [0.05, 0.1) is 17.6 Å². The molecule has 0 spiro atoms. The topological polar surface area (TPSA) is 115 Å². The second kappa shape index (κ2) is 8.48. The highest BCUT2D eigenvalue weighted by Crippen LogP contribution is 2.20. The SMILES string of the molecule is Cc1nc(C)c(C(=O)N[C@@H]2CCC[C@@H](NC(=O)c3cnnn3-c3ccccc3)C2)o1. The fraction of sp³-hybridized carbons (Fsp3) is 0.381. The summed E-state index contributed by atoms with van der Waals surface area (Å²) in [5.41, 5.74) is 1.72. The number of oxazole rings is 1. The van der Waals surface area contributed by atoms with Crippen molar-refractivity contribution in [2.24, 2.45) is 0 Å². The fourth-order valence-corrected chi connectivity index (χ4v) is 3.85. The van der Waals surface area contributed by atoms with Crippen molar-refractivity contribution in [1.82, 2.24) is 30.6 Å². The van der Waals surface area contributed by atoms with Crippen LogP contribution in [0.2, 0.25) is 0 Å². The van der Waals surface area contributed by atoms with Crippen LogP contribution < -0.4 is 10.6 Å². The highest BCUT2D eigenvalue weighted by atomic mass is 16.4. The maximum absolute atomic E-state index is 12.8. The van der Waals surface area contributed by atoms with Crippen molar-refractivity contribution in [2.45, 2.75) is 51.6 Å². The maximum Gasteiger partial charge on any atom is 0.289 e. The molecule has 2 aromatic heterocycles.